The molecule has 1 amide bonds. The van der Waals surface area contributed by atoms with Crippen molar-refractivity contribution < 1.29 is 9.18 Å². The van der Waals surface area contributed by atoms with E-state index < -0.39 is 6.17 Å². The smallest absolute Gasteiger partial charge is 0.256 e. The number of hydrogen-bond donors (Lipinski definition) is 2. The Morgan fingerprint density at radius 1 is 1.27 bits per heavy atom. The van der Waals surface area contributed by atoms with Crippen molar-refractivity contribution in [3.8, 4) is 0 Å². The zero-order valence-electron chi connectivity index (χ0n) is 12.3. The molecule has 4 rings (SSSR count). The largest absolute Gasteiger partial charge is 0.353 e. The molecule has 1 aliphatic carbocycles. The second kappa shape index (κ2) is 5.09. The third-order valence-corrected chi connectivity index (χ3v) is 5.69. The van der Waals surface area contributed by atoms with Crippen molar-refractivity contribution in [3.05, 3.63) is 51.7 Å². The molecule has 22 heavy (non-hydrogen) atoms. The molecule has 2 N–H and O–H groups in total. The minimum atomic E-state index is -0.501. The minimum Gasteiger partial charge on any atom is -0.353 e. The molecule has 2 aliphatic rings. The number of fused-ring (bicyclic) bond motifs is 3. The van der Waals surface area contributed by atoms with Crippen LogP contribution in [0.25, 0.3) is 0 Å². The van der Waals surface area contributed by atoms with E-state index in [9.17, 15) is 9.18 Å². The van der Waals surface area contributed by atoms with Crippen LogP contribution in [0.2, 0.25) is 0 Å². The maximum absolute atomic E-state index is 14.0. The zero-order chi connectivity index (χ0) is 15.3. The summed E-state index contributed by atoms with van der Waals surface area (Å²) in [5.74, 6) is 0.269. The van der Waals surface area contributed by atoms with Gasteiger partial charge in [-0.2, -0.15) is 0 Å². The molecule has 3 nitrogen and oxygen atoms in total. The highest BCUT2D eigenvalue weighted by Crippen LogP contribution is 2.42. The molecule has 1 aromatic heterocycles. The maximum Gasteiger partial charge on any atom is 0.256 e. The predicted molar refractivity (Wildman–Crippen MR) is 85.7 cm³/mol. The van der Waals surface area contributed by atoms with E-state index in [1.165, 1.54) is 16.5 Å². The fraction of sp³-hybridized carbons (Fsp3) is 0.353. The van der Waals surface area contributed by atoms with Gasteiger partial charge in [0.1, 0.15) is 17.0 Å². The summed E-state index contributed by atoms with van der Waals surface area (Å²) < 4.78 is 14.0. The Balaban J connectivity index is 1.73. The summed E-state index contributed by atoms with van der Waals surface area (Å²) in [7, 11) is 0. The topological polar surface area (TPSA) is 41.1 Å². The van der Waals surface area contributed by atoms with Crippen molar-refractivity contribution in [2.75, 3.05) is 5.32 Å². The highest BCUT2D eigenvalue weighted by atomic mass is 32.1. The first kappa shape index (κ1) is 13.8. The summed E-state index contributed by atoms with van der Waals surface area (Å²) in [6, 6.07) is 6.55. The van der Waals surface area contributed by atoms with Crippen LogP contribution in [0.3, 0.4) is 0 Å². The molecule has 0 fully saturated rings. The van der Waals surface area contributed by atoms with E-state index in [1.807, 2.05) is 0 Å². The number of carbonyl (C=O) groups excluding carboxylic acids is 1. The number of hydrogen-bond acceptors (Lipinski definition) is 3. The molecule has 0 saturated carbocycles. The molecule has 1 aliphatic heterocycles. The van der Waals surface area contributed by atoms with Crippen molar-refractivity contribution >= 4 is 22.2 Å². The Bertz CT molecular complexity index is 755. The molecule has 0 saturated heterocycles. The third-order valence-electron chi connectivity index (χ3n) is 4.51. The number of carbonyl (C=O) groups is 1. The lowest BCUT2D eigenvalue weighted by atomic mass is 9.88. The van der Waals surface area contributed by atoms with Gasteiger partial charge in [-0.05, 0) is 36.8 Å². The van der Waals surface area contributed by atoms with Gasteiger partial charge in [0.2, 0.25) is 0 Å². The molecular formula is C17H17FN2OS. The first-order valence-electron chi connectivity index (χ1n) is 7.60. The first-order chi connectivity index (χ1) is 10.6. The maximum atomic E-state index is 14.0. The van der Waals surface area contributed by atoms with Crippen molar-refractivity contribution in [3.63, 3.8) is 0 Å². The van der Waals surface area contributed by atoms with Gasteiger partial charge < -0.3 is 10.6 Å². The summed E-state index contributed by atoms with van der Waals surface area (Å²) in [5.41, 5.74) is 2.44. The second-order valence-corrected chi connectivity index (χ2v) is 7.23. The van der Waals surface area contributed by atoms with Crippen molar-refractivity contribution in [1.82, 2.24) is 5.32 Å². The molecule has 0 bridgehead atoms. The van der Waals surface area contributed by atoms with Crippen LogP contribution in [0.15, 0.2) is 24.3 Å². The summed E-state index contributed by atoms with van der Waals surface area (Å²) in [5, 5.41) is 7.08. The lowest BCUT2D eigenvalue weighted by molar-refractivity contribution is 0.0934. The summed E-state index contributed by atoms with van der Waals surface area (Å²) in [6.45, 7) is 2.25. The minimum absolute atomic E-state index is 0.0888. The molecule has 2 heterocycles. The molecule has 2 aromatic rings. The van der Waals surface area contributed by atoms with Crippen LogP contribution in [0.1, 0.15) is 45.9 Å². The van der Waals surface area contributed by atoms with Crippen LogP contribution in [0.5, 0.6) is 0 Å². The number of amides is 1. The summed E-state index contributed by atoms with van der Waals surface area (Å²) in [4.78, 5) is 13.8. The van der Waals surface area contributed by atoms with Gasteiger partial charge in [-0.3, -0.25) is 4.79 Å². The van der Waals surface area contributed by atoms with Crippen molar-refractivity contribution in [1.29, 1.82) is 0 Å². The highest BCUT2D eigenvalue weighted by Gasteiger charge is 2.33. The Morgan fingerprint density at radius 3 is 2.91 bits per heavy atom. The zero-order valence-corrected chi connectivity index (χ0v) is 13.1. The molecule has 114 valence electrons. The van der Waals surface area contributed by atoms with Gasteiger partial charge in [-0.25, -0.2) is 4.39 Å². The van der Waals surface area contributed by atoms with Crippen LogP contribution in [0.4, 0.5) is 9.39 Å². The monoisotopic (exact) mass is 316 g/mol. The van der Waals surface area contributed by atoms with E-state index in [2.05, 4.69) is 17.6 Å². The lowest BCUT2D eigenvalue weighted by Crippen LogP contribution is -2.38. The number of thiophene rings is 1. The van der Waals surface area contributed by atoms with Crippen LogP contribution in [0, 0.1) is 11.7 Å². The highest BCUT2D eigenvalue weighted by molar-refractivity contribution is 7.16. The van der Waals surface area contributed by atoms with Gasteiger partial charge >= 0.3 is 0 Å². The van der Waals surface area contributed by atoms with Gasteiger partial charge in [0.05, 0.1) is 5.56 Å². The average molecular weight is 316 g/mol. The molecule has 1 aromatic carbocycles. The SMILES string of the molecule is C[C@@H]1CCc2c(sc3c2C(=O)N[C@@H](c2ccccc2F)N3)C1. The number of anilines is 1. The fourth-order valence-electron chi connectivity index (χ4n) is 3.33. The number of benzene rings is 1. The quantitative estimate of drug-likeness (QED) is 0.838. The van der Waals surface area contributed by atoms with Crippen LogP contribution in [-0.2, 0) is 12.8 Å². The Labute approximate surface area is 132 Å². The van der Waals surface area contributed by atoms with E-state index in [1.54, 1.807) is 29.5 Å². The molecular weight excluding hydrogens is 299 g/mol. The Kier molecular flexibility index (Phi) is 3.18. The predicted octanol–water partition coefficient (Wildman–Crippen LogP) is 3.87. The Hall–Kier alpha value is -1.88. The molecule has 0 spiro atoms. The van der Waals surface area contributed by atoms with E-state index in [4.69, 9.17) is 0 Å². The lowest BCUT2D eigenvalue weighted by Gasteiger charge is -2.27. The van der Waals surface area contributed by atoms with E-state index >= 15 is 0 Å². The number of nitrogens with one attached hydrogen (secondary N) is 2. The van der Waals surface area contributed by atoms with Crippen LogP contribution >= 0.6 is 11.3 Å². The molecule has 0 unspecified atom stereocenters. The fourth-order valence-corrected chi connectivity index (χ4v) is 4.76. The molecule has 2 atom stereocenters. The van der Waals surface area contributed by atoms with E-state index in [0.29, 0.717) is 11.5 Å². The normalized spacial score (nSPS) is 23.3. The average Bonchev–Trinajstić information content (AvgIpc) is 2.85. The number of rotatable bonds is 1. The van der Waals surface area contributed by atoms with Gasteiger partial charge in [0, 0.05) is 10.4 Å². The van der Waals surface area contributed by atoms with Gasteiger partial charge in [-0.1, -0.05) is 25.1 Å². The van der Waals surface area contributed by atoms with Crippen molar-refractivity contribution in [2.45, 2.75) is 32.4 Å². The third kappa shape index (κ3) is 2.11. The van der Waals surface area contributed by atoms with Crippen molar-refractivity contribution in [2.24, 2.45) is 5.92 Å². The first-order valence-corrected chi connectivity index (χ1v) is 8.41. The summed E-state index contributed by atoms with van der Waals surface area (Å²) >= 11 is 1.66. The van der Waals surface area contributed by atoms with Gasteiger partial charge in [0.15, 0.2) is 0 Å². The molecule has 5 heteroatoms. The Morgan fingerprint density at radius 2 is 2.09 bits per heavy atom. The standard InChI is InChI=1S/C17H17FN2OS/c1-9-6-7-11-13(8-9)22-17-14(11)16(21)19-15(20-17)10-4-2-3-5-12(10)18/h2-5,9,15,20H,6-8H2,1H3,(H,19,21)/t9-,15-/m1/s1. The van der Waals surface area contributed by atoms with E-state index in [0.717, 1.165) is 29.8 Å². The van der Waals surface area contributed by atoms with Crippen LogP contribution < -0.4 is 10.6 Å². The molecule has 0 radical (unpaired) electrons. The van der Waals surface area contributed by atoms with Gasteiger partial charge in [0.25, 0.3) is 5.91 Å². The second-order valence-electron chi connectivity index (χ2n) is 6.13. The summed E-state index contributed by atoms with van der Waals surface area (Å²) in [6.07, 6.45) is 2.62. The number of halogens is 1. The van der Waals surface area contributed by atoms with E-state index in [-0.39, 0.29) is 11.7 Å². The van der Waals surface area contributed by atoms with Gasteiger partial charge in [-0.15, -0.1) is 11.3 Å². The van der Waals surface area contributed by atoms with Crippen LogP contribution in [-0.4, -0.2) is 5.91 Å².